The molecule has 0 amide bonds. The second-order valence-corrected chi connectivity index (χ2v) is 10.7. The largest absolute Gasteiger partial charge is 0.480 e. The number of aromatic nitrogens is 2. The highest BCUT2D eigenvalue weighted by atomic mass is 35.5. The van der Waals surface area contributed by atoms with Crippen LogP contribution in [-0.4, -0.2) is 49.2 Å². The molecule has 0 bridgehead atoms. The molecule has 2 aromatic heterocycles. The average Bonchev–Trinajstić information content (AvgIpc) is 3.50. The van der Waals surface area contributed by atoms with E-state index >= 15 is 4.39 Å². The monoisotopic (exact) mass is 529 g/mol. The molecule has 0 atom stereocenters. The number of halogens is 3. The lowest BCUT2D eigenvalue weighted by Crippen LogP contribution is -2.28. The van der Waals surface area contributed by atoms with Crippen molar-refractivity contribution in [3.8, 4) is 29.1 Å². The van der Waals surface area contributed by atoms with E-state index in [9.17, 15) is 9.65 Å². The van der Waals surface area contributed by atoms with E-state index in [2.05, 4.69) is 14.9 Å². The Hall–Kier alpha value is -3.26. The molecule has 0 spiro atoms. The Balaban J connectivity index is 1.67. The molecule has 1 aliphatic rings. The van der Waals surface area contributed by atoms with E-state index in [4.69, 9.17) is 26.8 Å². The average molecular weight is 530 g/mol. The number of ether oxygens (including phenoxy) is 2. The van der Waals surface area contributed by atoms with Crippen LogP contribution in [0.5, 0.6) is 11.9 Å². The van der Waals surface area contributed by atoms with Crippen molar-refractivity contribution in [2.24, 2.45) is 5.41 Å². The molecule has 1 aliphatic carbocycles. The Morgan fingerprint density at radius 1 is 1.28 bits per heavy atom. The molecule has 2 heterocycles. The van der Waals surface area contributed by atoms with Crippen LogP contribution in [0, 0.1) is 28.4 Å². The van der Waals surface area contributed by atoms with E-state index in [1.54, 1.807) is 0 Å². The highest BCUT2D eigenvalue weighted by Crippen LogP contribution is 2.47. The lowest BCUT2D eigenvalue weighted by atomic mass is 9.97. The first-order valence-electron chi connectivity index (χ1n) is 11.1. The third-order valence-corrected chi connectivity index (χ3v) is 7.66. The van der Waals surface area contributed by atoms with E-state index in [0.29, 0.717) is 6.61 Å². The zero-order valence-electron chi connectivity index (χ0n) is 19.8. The molecular formula is C25H22ClF2N5O2S. The predicted molar refractivity (Wildman–Crippen MR) is 137 cm³/mol. The summed E-state index contributed by atoms with van der Waals surface area (Å²) < 4.78 is 42.1. The van der Waals surface area contributed by atoms with Crippen LogP contribution in [0.4, 0.5) is 13.8 Å². The van der Waals surface area contributed by atoms with Crippen LogP contribution in [0.3, 0.4) is 0 Å². The second kappa shape index (κ2) is 9.00. The number of nitrogens with zero attached hydrogens (tertiary/aromatic N) is 4. The Kier molecular flexibility index (Phi) is 6.11. The Labute approximate surface area is 215 Å². The van der Waals surface area contributed by atoms with E-state index in [-0.39, 0.29) is 65.0 Å². The summed E-state index contributed by atoms with van der Waals surface area (Å²) in [5.41, 5.74) is 6.19. The van der Waals surface area contributed by atoms with Gasteiger partial charge in [0, 0.05) is 22.9 Å². The van der Waals surface area contributed by atoms with Crippen LogP contribution >= 0.6 is 22.9 Å². The summed E-state index contributed by atoms with van der Waals surface area (Å²) in [7, 11) is 5.42. The molecule has 7 nitrogen and oxygen atoms in total. The molecule has 4 aromatic rings. The lowest BCUT2D eigenvalue weighted by molar-refractivity contribution is 0.182. The van der Waals surface area contributed by atoms with Crippen LogP contribution in [-0.2, 0) is 0 Å². The lowest BCUT2D eigenvalue weighted by Gasteiger charge is -2.20. The van der Waals surface area contributed by atoms with Gasteiger partial charge in [-0.15, -0.1) is 11.3 Å². The fourth-order valence-electron chi connectivity index (χ4n) is 4.54. The summed E-state index contributed by atoms with van der Waals surface area (Å²) >= 11 is 7.47. The van der Waals surface area contributed by atoms with Gasteiger partial charge in [-0.25, -0.2) is 8.78 Å². The van der Waals surface area contributed by atoms with Gasteiger partial charge in [-0.1, -0.05) is 17.7 Å². The number of fused-ring (bicyclic) bond motifs is 2. The van der Waals surface area contributed by atoms with Crippen molar-refractivity contribution in [1.82, 2.24) is 14.9 Å². The smallest absolute Gasteiger partial charge is 0.320 e. The van der Waals surface area contributed by atoms with Gasteiger partial charge in [-0.3, -0.25) is 0 Å². The Morgan fingerprint density at radius 3 is 2.67 bits per heavy atom. The van der Waals surface area contributed by atoms with Crippen LogP contribution in [0.25, 0.3) is 32.1 Å². The maximum atomic E-state index is 16.1. The third kappa shape index (κ3) is 4.07. The third-order valence-electron chi connectivity index (χ3n) is 6.34. The van der Waals surface area contributed by atoms with Crippen molar-refractivity contribution in [2.45, 2.75) is 12.8 Å². The highest BCUT2D eigenvalue weighted by Gasteiger charge is 2.44. The zero-order chi connectivity index (χ0) is 25.8. The maximum absolute atomic E-state index is 16.1. The number of nitrogens with two attached hydrogens (primary N) is 1. The van der Waals surface area contributed by atoms with Crippen molar-refractivity contribution in [2.75, 3.05) is 40.1 Å². The van der Waals surface area contributed by atoms with E-state index in [1.807, 2.05) is 20.2 Å². The zero-order valence-corrected chi connectivity index (χ0v) is 21.4. The van der Waals surface area contributed by atoms with Gasteiger partial charge in [-0.2, -0.15) is 15.2 Å². The summed E-state index contributed by atoms with van der Waals surface area (Å²) in [6.45, 7) is 1.25. The first-order valence-corrected chi connectivity index (χ1v) is 12.3. The van der Waals surface area contributed by atoms with Gasteiger partial charge in [0.2, 0.25) is 5.88 Å². The number of hydrogen-bond acceptors (Lipinski definition) is 8. The molecule has 186 valence electrons. The SMILES string of the molecule is COc1nc(OCC2(CN(C)C)CC2)nc2c(F)c(-c3ccc(F)c4sc(N)c(C#N)c34)c(Cl)cc12. The quantitative estimate of drug-likeness (QED) is 0.331. The van der Waals surface area contributed by atoms with Crippen molar-refractivity contribution >= 4 is 48.9 Å². The number of anilines is 1. The number of nitriles is 1. The number of methoxy groups -OCH3 is 1. The van der Waals surface area contributed by atoms with E-state index < -0.39 is 11.6 Å². The fraction of sp³-hybridized carbons (Fsp3) is 0.320. The standard InChI is InChI=1S/C25H22ClF2N5O2S/c1-33(2)10-25(6-7-25)11-35-24-31-20-13(23(32-24)34-3)8-15(26)18(19(20)28)12-4-5-16(27)21-17(12)14(9-29)22(30)36-21/h4-5,8H,6-7,10-11,30H2,1-3H3. The molecule has 0 radical (unpaired) electrons. The van der Waals surface area contributed by atoms with Gasteiger partial charge >= 0.3 is 6.01 Å². The maximum Gasteiger partial charge on any atom is 0.320 e. The van der Waals surface area contributed by atoms with Gasteiger partial charge in [0.05, 0.1) is 34.4 Å². The molecular weight excluding hydrogens is 508 g/mol. The molecule has 2 aromatic carbocycles. The molecule has 0 aliphatic heterocycles. The van der Waals surface area contributed by atoms with Crippen molar-refractivity contribution in [3.05, 3.63) is 40.4 Å². The molecule has 5 rings (SSSR count). The minimum Gasteiger partial charge on any atom is -0.480 e. The molecule has 2 N–H and O–H groups in total. The van der Waals surface area contributed by atoms with Gasteiger partial charge < -0.3 is 20.1 Å². The molecule has 36 heavy (non-hydrogen) atoms. The summed E-state index contributed by atoms with van der Waals surface area (Å²) in [5, 5.41) is 10.3. The topological polar surface area (TPSA) is 97.3 Å². The highest BCUT2D eigenvalue weighted by molar-refractivity contribution is 7.23. The minimum absolute atomic E-state index is 0.0155. The Bertz CT molecular complexity index is 1560. The van der Waals surface area contributed by atoms with Crippen molar-refractivity contribution in [1.29, 1.82) is 5.26 Å². The normalized spacial score (nSPS) is 14.4. The van der Waals surface area contributed by atoms with E-state index in [1.165, 1.54) is 25.3 Å². The number of rotatable bonds is 7. The van der Waals surface area contributed by atoms with Gasteiger partial charge in [0.1, 0.15) is 22.4 Å². The molecule has 1 saturated carbocycles. The molecule has 0 unspecified atom stereocenters. The minimum atomic E-state index is -0.765. The molecule has 0 saturated heterocycles. The van der Waals surface area contributed by atoms with Crippen molar-refractivity contribution in [3.63, 3.8) is 0 Å². The van der Waals surface area contributed by atoms with Crippen LogP contribution in [0.2, 0.25) is 5.02 Å². The number of benzene rings is 2. The summed E-state index contributed by atoms with van der Waals surface area (Å²) in [5.74, 6) is -1.21. The first-order chi connectivity index (χ1) is 17.2. The fourth-order valence-corrected chi connectivity index (χ4v) is 5.78. The van der Waals surface area contributed by atoms with Crippen LogP contribution in [0.15, 0.2) is 18.2 Å². The summed E-state index contributed by atoms with van der Waals surface area (Å²) in [6.07, 6.45) is 2.05. The summed E-state index contributed by atoms with van der Waals surface area (Å²) in [6, 6.07) is 6.05. The number of thiophene rings is 1. The van der Waals surface area contributed by atoms with Crippen LogP contribution in [0.1, 0.15) is 18.4 Å². The Morgan fingerprint density at radius 2 is 2.03 bits per heavy atom. The molecule has 11 heteroatoms. The summed E-state index contributed by atoms with van der Waals surface area (Å²) in [4.78, 5) is 10.7. The van der Waals surface area contributed by atoms with Gasteiger partial charge in [-0.05, 0) is 44.6 Å². The predicted octanol–water partition coefficient (Wildman–Crippen LogP) is 5.63. The van der Waals surface area contributed by atoms with Crippen LogP contribution < -0.4 is 15.2 Å². The van der Waals surface area contributed by atoms with Crippen molar-refractivity contribution < 1.29 is 18.3 Å². The first kappa shape index (κ1) is 24.4. The van der Waals surface area contributed by atoms with Gasteiger partial charge in [0.15, 0.2) is 5.82 Å². The van der Waals surface area contributed by atoms with E-state index in [0.717, 1.165) is 30.7 Å². The number of hydrogen-bond donors (Lipinski definition) is 1. The molecule has 1 fully saturated rings. The second-order valence-electron chi connectivity index (χ2n) is 9.24. The van der Waals surface area contributed by atoms with Gasteiger partial charge in [0.25, 0.3) is 0 Å². The number of nitrogen functional groups attached to an aromatic ring is 1.